The second kappa shape index (κ2) is 22.2. The molecule has 0 saturated carbocycles. The van der Waals surface area contributed by atoms with Crippen LogP contribution in [0.3, 0.4) is 0 Å². The Bertz CT molecular complexity index is 1550. The summed E-state index contributed by atoms with van der Waals surface area (Å²) in [6.07, 6.45) is 2.25. The van der Waals surface area contributed by atoms with Crippen molar-refractivity contribution in [1.29, 1.82) is 0 Å². The fourth-order valence-electron chi connectivity index (χ4n) is 4.34. The number of ketones is 2. The molecule has 4 aromatic carbocycles. The van der Waals surface area contributed by atoms with E-state index in [9.17, 15) is 34.2 Å². The Morgan fingerprint density at radius 3 is 1.41 bits per heavy atom. The summed E-state index contributed by atoms with van der Waals surface area (Å²) < 4.78 is 0. The van der Waals surface area contributed by atoms with Gasteiger partial charge in [0.1, 0.15) is 6.04 Å². The van der Waals surface area contributed by atoms with Crippen LogP contribution in [-0.2, 0) is 14.4 Å². The summed E-state index contributed by atoms with van der Waals surface area (Å²) in [6, 6.07) is 30.7. The van der Waals surface area contributed by atoms with Gasteiger partial charge in [-0.05, 0) is 49.6 Å². The van der Waals surface area contributed by atoms with Crippen LogP contribution in [0.1, 0.15) is 87.9 Å². The molecule has 4 aromatic rings. The molecule has 49 heavy (non-hydrogen) atoms. The molecule has 0 radical (unpaired) electrons. The summed E-state index contributed by atoms with van der Waals surface area (Å²) >= 11 is 0. The maximum absolute atomic E-state index is 12.2. The number of carbonyl (C=O) groups is 5. The van der Waals surface area contributed by atoms with Crippen molar-refractivity contribution >= 4 is 29.5 Å². The smallest absolute Gasteiger partial charge is 0.550 e. The van der Waals surface area contributed by atoms with Gasteiger partial charge in [0.15, 0.2) is 11.6 Å². The third kappa shape index (κ3) is 14.3. The fourth-order valence-corrected chi connectivity index (χ4v) is 4.34. The topological polar surface area (TPSA) is 205 Å². The van der Waals surface area contributed by atoms with Gasteiger partial charge in [0.25, 0.3) is 0 Å². The van der Waals surface area contributed by atoms with E-state index in [0.717, 1.165) is 12.8 Å². The molecule has 0 bridgehead atoms. The summed E-state index contributed by atoms with van der Waals surface area (Å²) in [5.41, 5.74) is 12.0. The van der Waals surface area contributed by atoms with E-state index < -0.39 is 35.8 Å². The molecule has 0 fully saturated rings. The van der Waals surface area contributed by atoms with Crippen molar-refractivity contribution in [3.8, 4) is 0 Å². The van der Waals surface area contributed by atoms with Crippen LogP contribution >= 0.6 is 0 Å². The molecular weight excluding hydrogens is 635 g/mol. The van der Waals surface area contributed by atoms with Gasteiger partial charge < -0.3 is 36.4 Å². The monoisotopic (exact) mass is 676 g/mol. The summed E-state index contributed by atoms with van der Waals surface area (Å²) in [5, 5.41) is 29.9. The zero-order chi connectivity index (χ0) is 35.6. The number of unbranched alkanes of at least 4 members (excludes halogenated alkanes) is 1. The zero-order valence-electron chi connectivity index (χ0n) is 28.0. The Morgan fingerprint density at radius 1 is 0.633 bits per heavy atom. The molecule has 0 saturated heterocycles. The van der Waals surface area contributed by atoms with Gasteiger partial charge >= 0.3 is 35.5 Å². The van der Waals surface area contributed by atoms with Gasteiger partial charge in [0, 0.05) is 40.6 Å². The predicted molar refractivity (Wildman–Crippen MR) is 177 cm³/mol. The number of hydrogen-bond donors (Lipinski definition) is 3. The molecule has 0 spiro atoms. The first kappa shape index (κ1) is 42.6. The SMILES string of the molecule is CC(C(=O)O)c1cccc(C(=O)c2ccccc2)c1.CC(C(=O)[O-])c1cccc(C(=O)c2ccccc2)c1.NCCCCC([NH3+])C(=O)[O-].[Na+]. The maximum Gasteiger partial charge on any atom is 1.00 e. The van der Waals surface area contributed by atoms with Gasteiger partial charge in [-0.25, -0.2) is 0 Å². The second-order valence-corrected chi connectivity index (χ2v) is 11.0. The van der Waals surface area contributed by atoms with E-state index in [1.165, 1.54) is 0 Å². The van der Waals surface area contributed by atoms with Crippen molar-refractivity contribution in [2.45, 2.75) is 51.0 Å². The van der Waals surface area contributed by atoms with Crippen LogP contribution in [0.4, 0.5) is 0 Å². The van der Waals surface area contributed by atoms with Crippen molar-refractivity contribution in [1.82, 2.24) is 0 Å². The van der Waals surface area contributed by atoms with Gasteiger partial charge in [-0.1, -0.05) is 104 Å². The molecule has 3 unspecified atom stereocenters. The fraction of sp³-hybridized carbons (Fsp3) is 0.237. The molecule has 10 nitrogen and oxygen atoms in total. The molecule has 0 aromatic heterocycles. The third-order valence-electron chi connectivity index (χ3n) is 7.43. The Morgan fingerprint density at radius 2 is 1.04 bits per heavy atom. The van der Waals surface area contributed by atoms with E-state index in [-0.39, 0.29) is 41.1 Å². The van der Waals surface area contributed by atoms with Crippen LogP contribution in [0.15, 0.2) is 109 Å². The number of carboxylic acid groups (broad SMARTS) is 3. The number of carboxylic acids is 3. The van der Waals surface area contributed by atoms with E-state index in [4.69, 9.17) is 10.8 Å². The van der Waals surface area contributed by atoms with Crippen molar-refractivity contribution < 1.29 is 74.6 Å². The van der Waals surface area contributed by atoms with Gasteiger partial charge in [-0.3, -0.25) is 14.4 Å². The van der Waals surface area contributed by atoms with Crippen molar-refractivity contribution in [2.24, 2.45) is 5.73 Å². The summed E-state index contributed by atoms with van der Waals surface area (Å²) in [5.74, 6) is -4.69. The predicted octanol–water partition coefficient (Wildman–Crippen LogP) is -0.643. The quantitative estimate of drug-likeness (QED) is 0.0934. The van der Waals surface area contributed by atoms with Crippen LogP contribution in [0.5, 0.6) is 0 Å². The number of nitrogens with two attached hydrogens (primary N) is 1. The van der Waals surface area contributed by atoms with E-state index in [1.54, 1.807) is 111 Å². The molecule has 0 amide bonds. The number of carbonyl (C=O) groups excluding carboxylic acids is 4. The molecule has 3 atom stereocenters. The minimum atomic E-state index is -1.15. The molecule has 4 rings (SSSR count). The average molecular weight is 677 g/mol. The Kier molecular flexibility index (Phi) is 19.3. The molecule has 0 aliphatic rings. The number of benzene rings is 4. The van der Waals surface area contributed by atoms with Gasteiger partial charge in [-0.15, -0.1) is 0 Å². The minimum absolute atomic E-state index is 0. The summed E-state index contributed by atoms with van der Waals surface area (Å²) in [4.78, 5) is 56.4. The van der Waals surface area contributed by atoms with Gasteiger partial charge in [-0.2, -0.15) is 0 Å². The van der Waals surface area contributed by atoms with Gasteiger partial charge in [0.05, 0.1) is 11.9 Å². The van der Waals surface area contributed by atoms with Crippen LogP contribution < -0.4 is 51.2 Å². The number of rotatable bonds is 13. The van der Waals surface area contributed by atoms with E-state index >= 15 is 0 Å². The molecule has 6 N–H and O–H groups in total. The first-order valence-corrected chi connectivity index (χ1v) is 15.4. The van der Waals surface area contributed by atoms with Gasteiger partial charge in [0.2, 0.25) is 0 Å². The van der Waals surface area contributed by atoms with Crippen LogP contribution in [-0.4, -0.2) is 47.2 Å². The molecule has 0 aliphatic heterocycles. The van der Waals surface area contributed by atoms with Crippen LogP contribution in [0, 0.1) is 0 Å². The maximum atomic E-state index is 12.2. The van der Waals surface area contributed by atoms with Crippen molar-refractivity contribution in [2.75, 3.05) is 6.54 Å². The average Bonchev–Trinajstić information content (AvgIpc) is 3.11. The molecule has 11 heteroatoms. The Hall–Kier alpha value is -4.45. The third-order valence-corrected chi connectivity index (χ3v) is 7.43. The van der Waals surface area contributed by atoms with E-state index in [1.807, 2.05) is 12.1 Å². The van der Waals surface area contributed by atoms with Crippen molar-refractivity contribution in [3.05, 3.63) is 143 Å². The molecule has 0 heterocycles. The van der Waals surface area contributed by atoms with E-state index in [0.29, 0.717) is 46.3 Å². The van der Waals surface area contributed by atoms with Crippen molar-refractivity contribution in [3.63, 3.8) is 0 Å². The normalized spacial score (nSPS) is 11.8. The molecule has 0 aliphatic carbocycles. The number of hydrogen-bond acceptors (Lipinski definition) is 8. The Labute approximate surface area is 308 Å². The largest absolute Gasteiger partial charge is 1.00 e. The van der Waals surface area contributed by atoms with Crippen LogP contribution in [0.25, 0.3) is 0 Å². The standard InChI is InChI=1S/2C16H14O3.C6H14N2O2.Na/c2*1-11(16(18)19)13-8-5-9-14(10-13)15(17)12-6-3-2-4-7-12;7-4-2-1-3-5(8)6(9)10;/h2*2-11H,1H3,(H,18,19);5H,1-4,7-8H2,(H,9,10);/q;;;+1/p-1. The number of aliphatic carboxylic acids is 3. The van der Waals surface area contributed by atoms with Crippen LogP contribution in [0.2, 0.25) is 0 Å². The second-order valence-electron chi connectivity index (χ2n) is 11.0. The minimum Gasteiger partial charge on any atom is -0.550 e. The first-order valence-electron chi connectivity index (χ1n) is 15.4. The summed E-state index contributed by atoms with van der Waals surface area (Å²) in [6.45, 7) is 3.76. The summed E-state index contributed by atoms with van der Waals surface area (Å²) in [7, 11) is 0. The first-order chi connectivity index (χ1) is 22.9. The zero-order valence-corrected chi connectivity index (χ0v) is 30.0. The molecule has 252 valence electrons. The Balaban J connectivity index is 0.000000383. The number of quaternary nitrogens is 1. The molecular formula is C38H41N2NaO8. The van der Waals surface area contributed by atoms with E-state index in [2.05, 4.69) is 5.73 Å².